The lowest BCUT2D eigenvalue weighted by molar-refractivity contribution is -0.875. The number of nitrogens with zero attached hydrogens (tertiary/aromatic N) is 1. The fraction of sp³-hybridized carbons (Fsp3) is 0.481. The Balaban J connectivity index is 1.59. The topological polar surface area (TPSA) is 156 Å². The maximum Gasteiger partial charge on any atom is 0.221 e. The van der Waals surface area contributed by atoms with Crippen molar-refractivity contribution < 1.29 is 40.8 Å². The lowest BCUT2D eigenvalue weighted by Gasteiger charge is -2.22. The Kier molecular flexibility index (Phi) is 15.9. The molecule has 0 aliphatic heterocycles. The lowest BCUT2D eigenvalue weighted by Crippen LogP contribution is -3.10. The highest BCUT2D eigenvalue weighted by Crippen LogP contribution is 2.25. The molecule has 0 aliphatic rings. The van der Waals surface area contributed by atoms with Gasteiger partial charge in [0.25, 0.3) is 0 Å². The first-order valence-electron chi connectivity index (χ1n) is 13.7. The minimum Gasteiger partial charge on any atom is -0.374 e. The van der Waals surface area contributed by atoms with Gasteiger partial charge in [0.05, 0.1) is 70.6 Å². The van der Waals surface area contributed by atoms with E-state index >= 15 is 0 Å². The van der Waals surface area contributed by atoms with Crippen LogP contribution in [0.3, 0.4) is 0 Å². The van der Waals surface area contributed by atoms with Crippen LogP contribution in [0, 0.1) is 0 Å². The van der Waals surface area contributed by atoms with Gasteiger partial charge in [-0.05, 0) is 24.3 Å². The number of nitrogens with one attached hydrogen (secondary N) is 5. The van der Waals surface area contributed by atoms with Gasteiger partial charge >= 0.3 is 0 Å². The molecule has 228 valence electrons. The van der Waals surface area contributed by atoms with Crippen molar-refractivity contribution >= 4 is 67.5 Å². The summed E-state index contributed by atoms with van der Waals surface area (Å²) < 4.78 is 0. The Hall–Kier alpha value is -2.56. The number of hydrogen-bond donors (Lipinski definition) is 9. The van der Waals surface area contributed by atoms with E-state index < -0.39 is 0 Å². The second kappa shape index (κ2) is 18.8. The van der Waals surface area contributed by atoms with Crippen molar-refractivity contribution in [1.82, 2.24) is 0 Å². The van der Waals surface area contributed by atoms with Crippen LogP contribution < -0.4 is 41.6 Å². The van der Waals surface area contributed by atoms with Crippen LogP contribution in [-0.2, 0) is 9.59 Å². The largest absolute Gasteiger partial charge is 0.374 e. The molecule has 2 amide bonds. The first-order valence-corrected chi connectivity index (χ1v) is 16.2. The van der Waals surface area contributed by atoms with Crippen LogP contribution in [0.5, 0.6) is 0 Å². The number of anilines is 4. The monoisotopic (exact) mass is 612 g/mol. The summed E-state index contributed by atoms with van der Waals surface area (Å²) in [4.78, 5) is 27.5. The molecule has 11 N–H and O–H groups in total. The molecule has 0 bridgehead atoms. The summed E-state index contributed by atoms with van der Waals surface area (Å²) in [5.74, 6) is 1.87. The molecule has 0 heterocycles. The van der Waals surface area contributed by atoms with E-state index in [1.807, 2.05) is 52.9 Å². The maximum atomic E-state index is 11.3. The van der Waals surface area contributed by atoms with Gasteiger partial charge in [0.2, 0.25) is 11.8 Å². The van der Waals surface area contributed by atoms with Crippen molar-refractivity contribution in [2.24, 2.45) is 0 Å². The Morgan fingerprint density at radius 1 is 0.829 bits per heavy atom. The van der Waals surface area contributed by atoms with Crippen molar-refractivity contribution in [3.8, 4) is 0 Å². The van der Waals surface area contributed by atoms with Gasteiger partial charge in [-0.15, -0.1) is 0 Å². The summed E-state index contributed by atoms with van der Waals surface area (Å²) in [7, 11) is 10.2. The molecule has 0 aromatic heterocycles. The predicted molar refractivity (Wildman–Crippen MR) is 168 cm³/mol. The summed E-state index contributed by atoms with van der Waals surface area (Å²) in [6.45, 7) is 8.63. The smallest absolute Gasteiger partial charge is 0.221 e. The van der Waals surface area contributed by atoms with Gasteiger partial charge in [-0.2, -0.15) is 11.0 Å². The average Bonchev–Trinajstić information content (AvgIpc) is 2.93. The van der Waals surface area contributed by atoms with Crippen LogP contribution >= 0.6 is 21.6 Å². The number of hydrogen-bond acceptors (Lipinski definition) is 8. The van der Waals surface area contributed by atoms with Gasteiger partial charge in [0.15, 0.2) is 11.4 Å². The molecule has 0 aliphatic carbocycles. The zero-order chi connectivity index (χ0) is 30.2. The number of benzene rings is 2. The van der Waals surface area contributed by atoms with Crippen molar-refractivity contribution in [2.75, 3.05) is 92.8 Å². The third-order valence-electron chi connectivity index (χ3n) is 6.46. The highest BCUT2D eigenvalue weighted by Gasteiger charge is 2.14. The van der Waals surface area contributed by atoms with E-state index in [4.69, 9.17) is 0 Å². The highest BCUT2D eigenvalue weighted by atomic mass is 33.1. The van der Waals surface area contributed by atoms with Crippen LogP contribution in [-0.4, -0.2) is 94.1 Å². The summed E-state index contributed by atoms with van der Waals surface area (Å²) in [6, 6.07) is 11.0. The second-order valence-electron chi connectivity index (χ2n) is 10.1. The van der Waals surface area contributed by atoms with E-state index in [0.29, 0.717) is 22.7 Å². The standard InChI is InChI=1S/C27H44N8O4S2/c1-20(36)29-22-6-8-24(25(18-22)31-38)28-10-11-33(3)14-16-40-41-17-15-34(4)12-13-35(5)27-9-7-23(30-21(2)37)19-26(27)32-39/h6-9,18-19,28,31-32,38-39H,10-17H2,1-5H3,(H,29,36)(H,30,37)/p+4. The molecular weight excluding hydrogens is 564 g/mol. The van der Waals surface area contributed by atoms with Gasteiger partial charge in [-0.25, -0.2) is 10.4 Å². The molecule has 2 aromatic rings. The van der Waals surface area contributed by atoms with E-state index in [1.165, 1.54) is 23.6 Å². The molecule has 14 heteroatoms. The number of likely N-dealkylation sites (N-methyl/N-ethyl adjacent to an activating group) is 3. The Labute approximate surface area is 250 Å². The van der Waals surface area contributed by atoms with E-state index in [0.717, 1.165) is 73.1 Å². The molecule has 12 nitrogen and oxygen atoms in total. The zero-order valence-electron chi connectivity index (χ0n) is 24.8. The summed E-state index contributed by atoms with van der Waals surface area (Å²) in [5, 5.41) is 28.1. The number of carbonyl (C=O) groups excluding carboxylic acids is 2. The maximum absolute atomic E-state index is 11.3. The third-order valence-corrected chi connectivity index (χ3v) is 8.87. The highest BCUT2D eigenvalue weighted by molar-refractivity contribution is 8.76. The summed E-state index contributed by atoms with van der Waals surface area (Å²) in [5.41, 5.74) is 6.54. The van der Waals surface area contributed by atoms with Crippen molar-refractivity contribution in [2.45, 2.75) is 13.8 Å². The van der Waals surface area contributed by atoms with Crippen molar-refractivity contribution in [3.63, 3.8) is 0 Å². The van der Waals surface area contributed by atoms with E-state index in [-0.39, 0.29) is 11.8 Å². The SMILES string of the molecule is CC(=O)Nc1ccc(NCC[NH+](C)CCSSCC[NH+](C)CCN(C)c2ccc(NC(C)=O)cc2[NH2+]O)c([NH2+]O)c1. The van der Waals surface area contributed by atoms with Crippen LogP contribution in [0.4, 0.5) is 34.1 Å². The normalized spacial score (nSPS) is 12.5. The van der Waals surface area contributed by atoms with E-state index in [2.05, 4.69) is 34.9 Å². The molecular formula is C27H48N8O4S2+4. The predicted octanol–water partition coefficient (Wildman–Crippen LogP) is -1.27. The molecule has 0 saturated heterocycles. The van der Waals surface area contributed by atoms with Crippen LogP contribution in [0.1, 0.15) is 13.8 Å². The summed E-state index contributed by atoms with van der Waals surface area (Å²) >= 11 is 0. The average molecular weight is 613 g/mol. The van der Waals surface area contributed by atoms with Crippen molar-refractivity contribution in [3.05, 3.63) is 36.4 Å². The molecule has 2 atom stereocenters. The minimum atomic E-state index is -0.145. The lowest BCUT2D eigenvalue weighted by atomic mass is 10.2. The van der Waals surface area contributed by atoms with E-state index in [1.54, 1.807) is 12.1 Å². The quantitative estimate of drug-likeness (QED) is 0.0412. The van der Waals surface area contributed by atoms with Gasteiger partial charge in [0.1, 0.15) is 5.69 Å². The van der Waals surface area contributed by atoms with Gasteiger partial charge in [-0.3, -0.25) is 9.59 Å². The summed E-state index contributed by atoms with van der Waals surface area (Å²) in [6.07, 6.45) is 0. The molecule has 0 saturated carbocycles. The molecule has 2 aromatic carbocycles. The third kappa shape index (κ3) is 13.3. The Morgan fingerprint density at radius 2 is 1.37 bits per heavy atom. The molecule has 0 spiro atoms. The van der Waals surface area contributed by atoms with Crippen molar-refractivity contribution in [1.29, 1.82) is 0 Å². The molecule has 41 heavy (non-hydrogen) atoms. The fourth-order valence-corrected chi connectivity index (χ4v) is 6.39. The Bertz CT molecular complexity index is 1110. The molecule has 2 unspecified atom stereocenters. The number of rotatable bonds is 19. The first-order chi connectivity index (χ1) is 19.6. The molecule has 2 rings (SSSR count). The van der Waals surface area contributed by atoms with Crippen LogP contribution in [0.15, 0.2) is 36.4 Å². The van der Waals surface area contributed by atoms with Crippen LogP contribution in [0.25, 0.3) is 0 Å². The molecule has 0 fully saturated rings. The number of carbonyl (C=O) groups is 2. The fourth-order valence-electron chi connectivity index (χ4n) is 4.09. The second-order valence-corrected chi connectivity index (χ2v) is 12.8. The first kappa shape index (κ1) is 34.6. The van der Waals surface area contributed by atoms with Gasteiger partial charge in [-0.1, -0.05) is 21.6 Å². The molecule has 0 radical (unpaired) electrons. The number of nitrogens with two attached hydrogens (primary N) is 2. The van der Waals surface area contributed by atoms with Gasteiger partial charge < -0.3 is 30.7 Å². The minimum absolute atomic E-state index is 0.140. The Morgan fingerprint density at radius 3 is 1.93 bits per heavy atom. The zero-order valence-corrected chi connectivity index (χ0v) is 26.4. The van der Waals surface area contributed by atoms with E-state index in [9.17, 15) is 20.0 Å². The van der Waals surface area contributed by atoms with Gasteiger partial charge in [0, 0.05) is 44.4 Å². The van der Waals surface area contributed by atoms with Crippen LogP contribution in [0.2, 0.25) is 0 Å². The number of amides is 2. The number of quaternary nitrogens is 4.